The summed E-state index contributed by atoms with van der Waals surface area (Å²) in [6, 6.07) is 19.1. The van der Waals surface area contributed by atoms with Gasteiger partial charge >= 0.3 is 0 Å². The number of fused-ring (bicyclic) bond motifs is 1. The molecule has 1 heterocycles. The van der Waals surface area contributed by atoms with Gasteiger partial charge in [-0.3, -0.25) is 9.78 Å². The summed E-state index contributed by atoms with van der Waals surface area (Å²) in [6.07, 6.45) is 8.09. The third-order valence-corrected chi connectivity index (χ3v) is 7.73. The molecule has 1 radical (unpaired) electrons. The molecule has 1 aliphatic carbocycles. The molecule has 1 N–H and O–H groups in total. The molecule has 225 valence electrons. The van der Waals surface area contributed by atoms with Crippen LogP contribution in [-0.4, -0.2) is 15.9 Å². The number of aromatic nitrogens is 1. The maximum atomic E-state index is 11.5. The average Bonchev–Trinajstić information content (AvgIpc) is 2.87. The second kappa shape index (κ2) is 13.8. The van der Waals surface area contributed by atoms with Crippen LogP contribution < -0.4 is 0 Å². The van der Waals surface area contributed by atoms with Gasteiger partial charge < -0.3 is 5.11 Å². The Hall–Kier alpha value is -2.29. The van der Waals surface area contributed by atoms with Crippen LogP contribution in [0.25, 0.3) is 22.2 Å². The molecule has 0 aliphatic heterocycles. The normalized spacial score (nSPS) is 15.1. The molecular formula is C37H50IrNO2-. The van der Waals surface area contributed by atoms with Crippen LogP contribution in [0.5, 0.6) is 0 Å². The predicted molar refractivity (Wildman–Crippen MR) is 170 cm³/mol. The molecule has 4 rings (SSSR count). The van der Waals surface area contributed by atoms with Crippen molar-refractivity contribution in [3.63, 3.8) is 0 Å². The van der Waals surface area contributed by atoms with Gasteiger partial charge in [0.2, 0.25) is 0 Å². The Balaban J connectivity index is 0.000000360. The Kier molecular flexibility index (Phi) is 11.7. The zero-order valence-corrected chi connectivity index (χ0v) is 29.3. The summed E-state index contributed by atoms with van der Waals surface area (Å²) < 4.78 is 0. The maximum absolute atomic E-state index is 11.5. The van der Waals surface area contributed by atoms with E-state index < -0.39 is 5.41 Å². The van der Waals surface area contributed by atoms with Gasteiger partial charge in [-0.05, 0) is 41.5 Å². The summed E-state index contributed by atoms with van der Waals surface area (Å²) in [5.74, 6) is 0.806. The minimum Gasteiger partial charge on any atom is -0.512 e. The smallest absolute Gasteiger partial charge is 0.164 e. The minimum atomic E-state index is -0.417. The first kappa shape index (κ1) is 34.9. The van der Waals surface area contributed by atoms with Gasteiger partial charge in [-0.1, -0.05) is 113 Å². The van der Waals surface area contributed by atoms with E-state index in [-0.39, 0.29) is 42.5 Å². The average molecular weight is 733 g/mol. The molecule has 0 bridgehead atoms. The van der Waals surface area contributed by atoms with E-state index in [2.05, 4.69) is 76.2 Å². The summed E-state index contributed by atoms with van der Waals surface area (Å²) in [7, 11) is 0. The van der Waals surface area contributed by atoms with Crippen LogP contribution in [0.1, 0.15) is 117 Å². The standard InChI is InChI=1S/C26H30N.C11H20O2.Ir/c1-18-15-20(17-21(16-18)26(2,3)4)24-14-13-23-22(11-8-12-25(23)27-24)19-9-6-5-7-10-19;1-10(2,3)8(12)7-9(13)11(4,5)6;/h8,11-14,16-17,19H,5-7,9-10H2,1-4H3;7,12H,1-6H3;/q-1;;/b;8-7-;. The number of aliphatic hydroxyl groups excluding tert-OH is 1. The molecule has 1 fully saturated rings. The first-order chi connectivity index (χ1) is 18.5. The summed E-state index contributed by atoms with van der Waals surface area (Å²) >= 11 is 0. The number of pyridine rings is 1. The second-order valence-corrected chi connectivity index (χ2v) is 14.6. The number of allylic oxidation sites excluding steroid dienone is 2. The van der Waals surface area contributed by atoms with Crippen molar-refractivity contribution in [2.24, 2.45) is 10.8 Å². The molecule has 1 aromatic heterocycles. The molecule has 3 nitrogen and oxygen atoms in total. The third-order valence-electron chi connectivity index (χ3n) is 7.73. The molecule has 0 saturated heterocycles. The zero-order chi connectivity index (χ0) is 29.9. The summed E-state index contributed by atoms with van der Waals surface area (Å²) in [4.78, 5) is 16.5. The Bertz CT molecular complexity index is 1360. The van der Waals surface area contributed by atoms with Gasteiger partial charge in [0.15, 0.2) is 5.78 Å². The molecule has 3 aromatic rings. The summed E-state index contributed by atoms with van der Waals surface area (Å²) in [5.41, 5.74) is 6.61. The van der Waals surface area contributed by atoms with Crippen LogP contribution in [0.2, 0.25) is 0 Å². The van der Waals surface area contributed by atoms with Gasteiger partial charge in [-0.25, -0.2) is 0 Å². The molecule has 0 unspecified atom stereocenters. The second-order valence-electron chi connectivity index (χ2n) is 14.6. The minimum absolute atomic E-state index is 0. The van der Waals surface area contributed by atoms with Crippen LogP contribution in [0, 0.1) is 23.8 Å². The summed E-state index contributed by atoms with van der Waals surface area (Å²) in [5, 5.41) is 10.9. The molecule has 4 heteroatoms. The van der Waals surface area contributed by atoms with Crippen molar-refractivity contribution in [2.45, 2.75) is 113 Å². The van der Waals surface area contributed by atoms with Crippen molar-refractivity contribution >= 4 is 16.7 Å². The van der Waals surface area contributed by atoms with Crippen LogP contribution >= 0.6 is 0 Å². The van der Waals surface area contributed by atoms with E-state index in [9.17, 15) is 9.90 Å². The quantitative estimate of drug-likeness (QED) is 0.166. The number of hydrogen-bond donors (Lipinski definition) is 1. The predicted octanol–water partition coefficient (Wildman–Crippen LogP) is 10.4. The number of carbonyl (C=O) groups is 1. The van der Waals surface area contributed by atoms with E-state index in [1.165, 1.54) is 60.3 Å². The number of nitrogens with zero attached hydrogens (tertiary/aromatic N) is 1. The number of hydrogen-bond acceptors (Lipinski definition) is 3. The van der Waals surface area contributed by atoms with Crippen molar-refractivity contribution in [1.82, 2.24) is 4.98 Å². The number of benzene rings is 2. The molecular weight excluding hydrogens is 683 g/mol. The Morgan fingerprint density at radius 1 is 0.902 bits per heavy atom. The molecule has 41 heavy (non-hydrogen) atoms. The van der Waals surface area contributed by atoms with E-state index in [1.807, 2.05) is 41.5 Å². The van der Waals surface area contributed by atoms with Crippen LogP contribution in [0.3, 0.4) is 0 Å². The number of aryl methyl sites for hydroxylation is 1. The van der Waals surface area contributed by atoms with Gasteiger partial charge in [-0.15, -0.1) is 34.9 Å². The van der Waals surface area contributed by atoms with Crippen molar-refractivity contribution < 1.29 is 30.0 Å². The molecule has 0 amide bonds. The zero-order valence-electron chi connectivity index (χ0n) is 26.9. The fourth-order valence-electron chi connectivity index (χ4n) is 4.94. The first-order valence-electron chi connectivity index (χ1n) is 14.9. The fourth-order valence-corrected chi connectivity index (χ4v) is 4.94. The van der Waals surface area contributed by atoms with Gasteiger partial charge in [0.1, 0.15) is 5.76 Å². The molecule has 1 aliphatic rings. The largest absolute Gasteiger partial charge is 0.512 e. The monoisotopic (exact) mass is 733 g/mol. The fraction of sp³-hybridized carbons (Fsp3) is 0.514. The summed E-state index contributed by atoms with van der Waals surface area (Å²) in [6.45, 7) is 20.0. The first-order valence-corrected chi connectivity index (χ1v) is 14.9. The van der Waals surface area contributed by atoms with Gasteiger partial charge in [0.05, 0.1) is 5.52 Å². The van der Waals surface area contributed by atoms with E-state index >= 15 is 0 Å². The topological polar surface area (TPSA) is 50.2 Å². The number of ketones is 1. The molecule has 1 saturated carbocycles. The number of carbonyl (C=O) groups excluding carboxylic acids is 1. The van der Waals surface area contributed by atoms with Crippen molar-refractivity contribution in [1.29, 1.82) is 0 Å². The van der Waals surface area contributed by atoms with Crippen LogP contribution in [0.15, 0.2) is 54.3 Å². The Morgan fingerprint density at radius 3 is 2.10 bits per heavy atom. The Labute approximate surface area is 262 Å². The van der Waals surface area contributed by atoms with Crippen LogP contribution in [-0.2, 0) is 30.3 Å². The van der Waals surface area contributed by atoms with E-state index in [1.54, 1.807) is 0 Å². The van der Waals surface area contributed by atoms with Crippen LogP contribution in [0.4, 0.5) is 0 Å². The molecule has 0 spiro atoms. The maximum Gasteiger partial charge on any atom is 0.164 e. The molecule has 2 aromatic carbocycles. The van der Waals surface area contributed by atoms with Crippen molar-refractivity contribution in [3.8, 4) is 11.3 Å². The van der Waals surface area contributed by atoms with Gasteiger partial charge in [0.25, 0.3) is 0 Å². The SMILES string of the molecule is CC(C)(C)C(=O)/C=C(\O)C(C)(C)C.Cc1[c-]c(-c2ccc3c(C4CCCCC4)cccc3n2)cc(C(C)(C)C)c1.[Ir]. The van der Waals surface area contributed by atoms with E-state index in [0.29, 0.717) is 5.92 Å². The van der Waals surface area contributed by atoms with E-state index in [4.69, 9.17) is 4.98 Å². The third kappa shape index (κ3) is 9.62. The van der Waals surface area contributed by atoms with E-state index in [0.717, 1.165) is 16.8 Å². The number of aliphatic hydroxyl groups is 1. The van der Waals surface area contributed by atoms with Crippen molar-refractivity contribution in [3.05, 3.63) is 77.1 Å². The Morgan fingerprint density at radius 2 is 1.54 bits per heavy atom. The van der Waals surface area contributed by atoms with Gasteiger partial charge in [-0.2, -0.15) is 0 Å². The van der Waals surface area contributed by atoms with Crippen molar-refractivity contribution in [2.75, 3.05) is 0 Å². The number of rotatable bonds is 3. The van der Waals surface area contributed by atoms with Gasteiger partial charge in [0, 0.05) is 42.4 Å². The molecule has 0 atom stereocenters.